The van der Waals surface area contributed by atoms with Crippen molar-refractivity contribution >= 4 is 35.3 Å². The van der Waals surface area contributed by atoms with E-state index < -0.39 is 0 Å². The third kappa shape index (κ3) is 4.33. The molecular weight excluding hydrogens is 663 g/mol. The summed E-state index contributed by atoms with van der Waals surface area (Å²) in [6.07, 6.45) is 13.9. The maximum atomic E-state index is 5.57. The number of hydrogen-bond acceptors (Lipinski definition) is 3. The monoisotopic (exact) mass is 703 g/mol. The summed E-state index contributed by atoms with van der Waals surface area (Å²) >= 11 is 2.02. The van der Waals surface area contributed by atoms with Crippen molar-refractivity contribution in [1.82, 2.24) is 9.55 Å². The predicted molar refractivity (Wildman–Crippen MR) is 221 cm³/mol. The number of allylic oxidation sites excluding steroid dienone is 3. The summed E-state index contributed by atoms with van der Waals surface area (Å²) in [4.78, 5) is 9.42. The van der Waals surface area contributed by atoms with Crippen LogP contribution in [0, 0.1) is 0 Å². The van der Waals surface area contributed by atoms with E-state index in [0.717, 1.165) is 24.4 Å². The van der Waals surface area contributed by atoms with Crippen molar-refractivity contribution in [2.75, 3.05) is 4.90 Å². The minimum Gasteiger partial charge on any atom is -0.312 e. The molecule has 0 radical (unpaired) electrons. The van der Waals surface area contributed by atoms with Gasteiger partial charge in [0.05, 0.1) is 27.7 Å². The molecule has 0 fully saturated rings. The summed E-state index contributed by atoms with van der Waals surface area (Å²) in [5, 5.41) is 3.05. The average molecular weight is 704 g/mol. The van der Waals surface area contributed by atoms with Crippen LogP contribution in [-0.2, 0) is 10.8 Å². The van der Waals surface area contributed by atoms with Gasteiger partial charge in [-0.2, -0.15) is 0 Å². The number of aromatic nitrogens is 2. The number of benzene rings is 4. The van der Waals surface area contributed by atoms with Crippen LogP contribution in [0.15, 0.2) is 138 Å². The highest BCUT2D eigenvalue weighted by atomic mass is 32.2. The summed E-state index contributed by atoms with van der Waals surface area (Å²) in [5.74, 6) is 1.29. The molecule has 4 aromatic carbocycles. The first kappa shape index (κ1) is 31.2. The van der Waals surface area contributed by atoms with Gasteiger partial charge >= 0.3 is 0 Å². The third-order valence-corrected chi connectivity index (χ3v) is 13.8. The molecule has 4 aliphatic carbocycles. The van der Waals surface area contributed by atoms with Gasteiger partial charge in [0.2, 0.25) is 0 Å². The molecule has 2 atom stereocenters. The molecule has 258 valence electrons. The fourth-order valence-electron chi connectivity index (χ4n) is 9.99. The Morgan fingerprint density at radius 3 is 2.32 bits per heavy atom. The summed E-state index contributed by atoms with van der Waals surface area (Å²) < 4.78 is 2.50. The minimum atomic E-state index is -0.165. The second-order valence-corrected chi connectivity index (χ2v) is 17.5. The molecular formula is C49H41N3S. The van der Waals surface area contributed by atoms with Crippen molar-refractivity contribution in [3.8, 4) is 28.2 Å². The summed E-state index contributed by atoms with van der Waals surface area (Å²) in [7, 11) is 0. The zero-order valence-corrected chi connectivity index (χ0v) is 31.4. The Bertz CT molecular complexity index is 2730. The SMILES string of the molecule is CC1(C)c2ccccc2-c2ccc(-n3c4c(c5c3=CCC(c3ccc6c(c3)SC3CC=CC=C3N6c3ccccc3)C=5)C(C)(C)c3ccccc3-4)nc21. The van der Waals surface area contributed by atoms with Crippen LogP contribution in [0.4, 0.5) is 11.4 Å². The number of thioether (sulfide) groups is 1. The summed E-state index contributed by atoms with van der Waals surface area (Å²) in [6.45, 7) is 9.47. The number of para-hydroxylation sites is 1. The Morgan fingerprint density at radius 1 is 0.736 bits per heavy atom. The smallest absolute Gasteiger partial charge is 0.137 e. The van der Waals surface area contributed by atoms with Crippen LogP contribution in [0.25, 0.3) is 40.4 Å². The Hall–Kier alpha value is -5.32. The maximum Gasteiger partial charge on any atom is 0.137 e. The van der Waals surface area contributed by atoms with Gasteiger partial charge in [-0.05, 0) is 83.1 Å². The van der Waals surface area contributed by atoms with Crippen molar-refractivity contribution in [2.24, 2.45) is 0 Å². The Balaban J connectivity index is 1.08. The molecule has 0 amide bonds. The van der Waals surface area contributed by atoms with E-state index >= 15 is 0 Å². The molecule has 2 aromatic heterocycles. The molecule has 3 nitrogen and oxygen atoms in total. The zero-order chi connectivity index (χ0) is 35.6. The van der Waals surface area contributed by atoms with Crippen LogP contribution in [0.2, 0.25) is 0 Å². The van der Waals surface area contributed by atoms with Crippen LogP contribution in [0.5, 0.6) is 0 Å². The molecule has 53 heavy (non-hydrogen) atoms. The summed E-state index contributed by atoms with van der Waals surface area (Å²) in [5.41, 5.74) is 15.5. The van der Waals surface area contributed by atoms with Crippen LogP contribution < -0.4 is 15.5 Å². The molecule has 2 unspecified atom stereocenters. The van der Waals surface area contributed by atoms with E-state index in [2.05, 4.69) is 177 Å². The number of pyridine rings is 1. The Kier molecular flexibility index (Phi) is 6.54. The van der Waals surface area contributed by atoms with Gasteiger partial charge in [-0.3, -0.25) is 4.57 Å². The molecule has 0 spiro atoms. The van der Waals surface area contributed by atoms with Crippen molar-refractivity contribution in [1.29, 1.82) is 0 Å². The van der Waals surface area contributed by atoms with Gasteiger partial charge in [-0.25, -0.2) is 4.98 Å². The quantitative estimate of drug-likeness (QED) is 0.183. The highest BCUT2D eigenvalue weighted by Gasteiger charge is 2.42. The molecule has 4 heteroatoms. The number of anilines is 2. The normalized spacial score (nSPS) is 20.5. The maximum absolute atomic E-state index is 5.57. The molecule has 5 aliphatic rings. The van der Waals surface area contributed by atoms with Crippen LogP contribution in [0.3, 0.4) is 0 Å². The number of nitrogens with zero attached hydrogens (tertiary/aromatic N) is 3. The van der Waals surface area contributed by atoms with Crippen molar-refractivity contribution in [3.63, 3.8) is 0 Å². The predicted octanol–water partition coefficient (Wildman–Crippen LogP) is 10.7. The van der Waals surface area contributed by atoms with Gasteiger partial charge in [0.1, 0.15) is 5.82 Å². The highest BCUT2D eigenvalue weighted by molar-refractivity contribution is 8.00. The Labute approximate surface area is 315 Å². The van der Waals surface area contributed by atoms with Gasteiger partial charge < -0.3 is 4.90 Å². The third-order valence-electron chi connectivity index (χ3n) is 12.5. The largest absolute Gasteiger partial charge is 0.312 e. The minimum absolute atomic E-state index is 0.140. The molecule has 0 saturated carbocycles. The summed E-state index contributed by atoms with van der Waals surface area (Å²) in [6, 6.07) is 40.5. The second kappa shape index (κ2) is 11.1. The Morgan fingerprint density at radius 2 is 1.49 bits per heavy atom. The molecule has 0 N–H and O–H groups in total. The van der Waals surface area contributed by atoms with E-state index in [1.807, 2.05) is 11.8 Å². The van der Waals surface area contributed by atoms with Crippen LogP contribution in [0.1, 0.15) is 74.4 Å². The van der Waals surface area contributed by atoms with Crippen molar-refractivity contribution in [2.45, 2.75) is 67.4 Å². The zero-order valence-electron chi connectivity index (χ0n) is 30.6. The lowest BCUT2D eigenvalue weighted by molar-refractivity contribution is 0.634. The highest BCUT2D eigenvalue weighted by Crippen LogP contribution is 2.52. The lowest BCUT2D eigenvalue weighted by Crippen LogP contribution is -2.37. The molecule has 0 bridgehead atoms. The average Bonchev–Trinajstić information content (AvgIpc) is 3.74. The van der Waals surface area contributed by atoms with Gasteiger partial charge in [-0.1, -0.05) is 125 Å². The van der Waals surface area contributed by atoms with Crippen molar-refractivity contribution in [3.05, 3.63) is 172 Å². The first-order valence-corrected chi connectivity index (χ1v) is 19.9. The molecule has 3 heterocycles. The van der Waals surface area contributed by atoms with Gasteiger partial charge in [0.25, 0.3) is 0 Å². The first-order chi connectivity index (χ1) is 25.8. The van der Waals surface area contributed by atoms with E-state index in [4.69, 9.17) is 4.98 Å². The molecule has 0 saturated heterocycles. The number of hydrogen-bond donors (Lipinski definition) is 0. The lowest BCUT2D eigenvalue weighted by Gasteiger charge is -2.39. The first-order valence-electron chi connectivity index (χ1n) is 19.0. The van der Waals surface area contributed by atoms with E-state index in [1.54, 1.807) is 0 Å². The second-order valence-electron chi connectivity index (χ2n) is 16.2. The van der Waals surface area contributed by atoms with E-state index in [9.17, 15) is 0 Å². The van der Waals surface area contributed by atoms with Crippen LogP contribution in [-0.4, -0.2) is 14.8 Å². The van der Waals surface area contributed by atoms with Crippen LogP contribution >= 0.6 is 11.8 Å². The number of rotatable bonds is 3. The fraction of sp³-hybridized carbons (Fsp3) is 0.204. The standard InChI is InChI=1S/C49H41N3S/c1-48(2)38-19-11-9-17-35(38)46-45(48)36-28-30(22-25-39(36)52(46)44-27-24-34-33-16-8-10-18-37(33)49(3,4)47(34)50-44)31-23-26-41-43(29-31)53-42-21-13-12-20-40(42)51(41)32-14-6-5-7-15-32/h5-20,23-30,42H,21-22H2,1-4H3. The molecule has 6 aromatic rings. The number of fused-ring (bicyclic) bond motifs is 10. The van der Waals surface area contributed by atoms with Crippen molar-refractivity contribution < 1.29 is 0 Å². The van der Waals surface area contributed by atoms with Gasteiger partial charge in [0, 0.05) is 49.4 Å². The van der Waals surface area contributed by atoms with Gasteiger partial charge in [0.15, 0.2) is 0 Å². The fourth-order valence-corrected chi connectivity index (χ4v) is 11.3. The van der Waals surface area contributed by atoms with E-state index in [-0.39, 0.29) is 16.7 Å². The van der Waals surface area contributed by atoms with Gasteiger partial charge in [-0.15, -0.1) is 11.8 Å². The van der Waals surface area contributed by atoms with E-state index in [0.29, 0.717) is 5.25 Å². The van der Waals surface area contributed by atoms with E-state index in [1.165, 1.54) is 77.2 Å². The lowest BCUT2D eigenvalue weighted by atomic mass is 9.81. The molecule has 11 rings (SSSR count). The topological polar surface area (TPSA) is 21.1 Å². The molecule has 1 aliphatic heterocycles.